The first-order valence-corrected chi connectivity index (χ1v) is 4.99. The molecule has 2 heteroatoms. The van der Waals surface area contributed by atoms with Gasteiger partial charge in [0.25, 0.3) is 0 Å². The van der Waals surface area contributed by atoms with Gasteiger partial charge in [-0.3, -0.25) is 0 Å². The normalized spacial score (nSPS) is 22.3. The maximum Gasteiger partial charge on any atom is 0.176 e. The van der Waals surface area contributed by atoms with Gasteiger partial charge in [0.05, 0.1) is 0 Å². The first-order valence-electron chi connectivity index (χ1n) is 4.99. The molecule has 0 aromatic carbocycles. The highest BCUT2D eigenvalue weighted by atomic mass is 14.9. The van der Waals surface area contributed by atoms with Gasteiger partial charge in [0.15, 0.2) is 6.19 Å². The monoisotopic (exact) mass is 166 g/mol. The highest BCUT2D eigenvalue weighted by Crippen LogP contribution is 2.25. The Morgan fingerprint density at radius 2 is 1.83 bits per heavy atom. The number of nitrogens with one attached hydrogen (secondary N) is 1. The summed E-state index contributed by atoms with van der Waals surface area (Å²) < 4.78 is 0. The fraction of sp³-hybridized carbons (Fsp3) is 0.900. The van der Waals surface area contributed by atoms with Crippen molar-refractivity contribution in [1.29, 1.82) is 5.26 Å². The summed E-state index contributed by atoms with van der Waals surface area (Å²) in [6.07, 6.45) is 10.1. The van der Waals surface area contributed by atoms with Gasteiger partial charge in [-0.15, -0.1) is 0 Å². The number of hydrogen-bond acceptors (Lipinski definition) is 2. The van der Waals surface area contributed by atoms with E-state index in [-0.39, 0.29) is 0 Å². The summed E-state index contributed by atoms with van der Waals surface area (Å²) in [7, 11) is 0. The van der Waals surface area contributed by atoms with Gasteiger partial charge in [0.1, 0.15) is 0 Å². The van der Waals surface area contributed by atoms with Crippen molar-refractivity contribution in [2.75, 3.05) is 0 Å². The van der Waals surface area contributed by atoms with Crippen molar-refractivity contribution in [3.8, 4) is 6.19 Å². The van der Waals surface area contributed by atoms with Gasteiger partial charge in [-0.2, -0.15) is 5.26 Å². The van der Waals surface area contributed by atoms with E-state index in [9.17, 15) is 0 Å². The van der Waals surface area contributed by atoms with Gasteiger partial charge in [-0.25, -0.2) is 0 Å². The van der Waals surface area contributed by atoms with Gasteiger partial charge in [0.2, 0.25) is 0 Å². The third kappa shape index (κ3) is 2.73. The van der Waals surface area contributed by atoms with Crippen molar-refractivity contribution in [3.05, 3.63) is 0 Å². The molecule has 0 unspecified atom stereocenters. The standard InChI is InChI=1S/C10H18N2/c1-9(12-8-11)10-6-4-2-3-5-7-10/h9-10,12H,2-7H2,1H3/t9-/m1/s1. The van der Waals surface area contributed by atoms with E-state index in [0.717, 1.165) is 5.92 Å². The molecule has 0 heterocycles. The lowest BCUT2D eigenvalue weighted by Gasteiger charge is -2.20. The predicted molar refractivity (Wildman–Crippen MR) is 49.4 cm³/mol. The molecule has 0 radical (unpaired) electrons. The van der Waals surface area contributed by atoms with Gasteiger partial charge in [0, 0.05) is 6.04 Å². The Morgan fingerprint density at radius 3 is 2.33 bits per heavy atom. The Hall–Kier alpha value is -0.710. The van der Waals surface area contributed by atoms with Crippen LogP contribution in [0.2, 0.25) is 0 Å². The van der Waals surface area contributed by atoms with Crippen molar-refractivity contribution in [3.63, 3.8) is 0 Å². The van der Waals surface area contributed by atoms with Crippen molar-refractivity contribution >= 4 is 0 Å². The molecule has 2 nitrogen and oxygen atoms in total. The van der Waals surface area contributed by atoms with Crippen LogP contribution in [0.4, 0.5) is 0 Å². The molecule has 0 saturated heterocycles. The number of rotatable bonds is 2. The topological polar surface area (TPSA) is 35.8 Å². The maximum absolute atomic E-state index is 8.48. The summed E-state index contributed by atoms with van der Waals surface area (Å²) in [5.74, 6) is 0.729. The summed E-state index contributed by atoms with van der Waals surface area (Å²) >= 11 is 0. The molecule has 1 rings (SSSR count). The fourth-order valence-electron chi connectivity index (χ4n) is 2.03. The Bertz CT molecular complexity index is 152. The lowest BCUT2D eigenvalue weighted by atomic mass is 9.93. The zero-order chi connectivity index (χ0) is 8.81. The first kappa shape index (κ1) is 9.38. The van der Waals surface area contributed by atoms with Crippen LogP contribution in [0.1, 0.15) is 45.4 Å². The molecule has 68 valence electrons. The Kier molecular flexibility index (Phi) is 3.93. The highest BCUT2D eigenvalue weighted by Gasteiger charge is 2.17. The van der Waals surface area contributed by atoms with Crippen LogP contribution >= 0.6 is 0 Å². The summed E-state index contributed by atoms with van der Waals surface area (Å²) in [4.78, 5) is 0. The molecule has 1 atom stereocenters. The molecular formula is C10H18N2. The molecule has 1 fully saturated rings. The lowest BCUT2D eigenvalue weighted by Crippen LogP contribution is -2.29. The molecule has 1 N–H and O–H groups in total. The second-order valence-electron chi connectivity index (χ2n) is 3.80. The smallest absolute Gasteiger partial charge is 0.176 e. The number of hydrogen-bond donors (Lipinski definition) is 1. The Labute approximate surface area is 75.0 Å². The van der Waals surface area contributed by atoms with Crippen molar-refractivity contribution in [2.45, 2.75) is 51.5 Å². The zero-order valence-corrected chi connectivity index (χ0v) is 7.84. The van der Waals surface area contributed by atoms with Crippen LogP contribution in [0, 0.1) is 17.4 Å². The summed E-state index contributed by atoms with van der Waals surface area (Å²) in [5.41, 5.74) is 0. The summed E-state index contributed by atoms with van der Waals surface area (Å²) in [5, 5.41) is 11.3. The van der Waals surface area contributed by atoms with Crippen LogP contribution in [-0.4, -0.2) is 6.04 Å². The fourth-order valence-corrected chi connectivity index (χ4v) is 2.03. The van der Waals surface area contributed by atoms with Crippen LogP contribution in [0.25, 0.3) is 0 Å². The van der Waals surface area contributed by atoms with Crippen molar-refractivity contribution in [1.82, 2.24) is 5.32 Å². The van der Waals surface area contributed by atoms with E-state index in [2.05, 4.69) is 12.2 Å². The van der Waals surface area contributed by atoms with Gasteiger partial charge in [-0.1, -0.05) is 25.7 Å². The predicted octanol–water partition coefficient (Wildman–Crippen LogP) is 2.42. The SMILES string of the molecule is C[C@@H](NC#N)C1CCCCCC1. The van der Waals surface area contributed by atoms with Crippen molar-refractivity contribution in [2.24, 2.45) is 5.92 Å². The van der Waals surface area contributed by atoms with Crippen molar-refractivity contribution < 1.29 is 0 Å². The minimum atomic E-state index is 0.382. The first-order chi connectivity index (χ1) is 5.84. The third-order valence-electron chi connectivity index (χ3n) is 2.90. The van der Waals surface area contributed by atoms with Crippen LogP contribution in [0.15, 0.2) is 0 Å². The van der Waals surface area contributed by atoms with E-state index < -0.39 is 0 Å². The molecule has 0 aliphatic heterocycles. The van der Waals surface area contributed by atoms with E-state index in [1.165, 1.54) is 38.5 Å². The minimum Gasteiger partial charge on any atom is -0.321 e. The minimum absolute atomic E-state index is 0.382. The zero-order valence-electron chi connectivity index (χ0n) is 7.84. The molecule has 1 saturated carbocycles. The third-order valence-corrected chi connectivity index (χ3v) is 2.90. The van der Waals surface area contributed by atoms with E-state index in [0.29, 0.717) is 6.04 Å². The van der Waals surface area contributed by atoms with Gasteiger partial charge >= 0.3 is 0 Å². The molecular weight excluding hydrogens is 148 g/mol. The van der Waals surface area contributed by atoms with E-state index >= 15 is 0 Å². The quantitative estimate of drug-likeness (QED) is 0.388. The molecule has 0 aromatic rings. The largest absolute Gasteiger partial charge is 0.321 e. The summed E-state index contributed by atoms with van der Waals surface area (Å²) in [6, 6.07) is 0.382. The number of nitriles is 1. The molecule has 0 spiro atoms. The summed E-state index contributed by atoms with van der Waals surface area (Å²) in [6.45, 7) is 2.12. The Morgan fingerprint density at radius 1 is 1.25 bits per heavy atom. The molecule has 1 aliphatic rings. The van der Waals surface area contributed by atoms with E-state index in [1.807, 2.05) is 6.19 Å². The second kappa shape index (κ2) is 5.03. The molecule has 12 heavy (non-hydrogen) atoms. The molecule has 0 bridgehead atoms. The van der Waals surface area contributed by atoms with Gasteiger partial charge in [-0.05, 0) is 25.7 Å². The average Bonchev–Trinajstić information content (AvgIpc) is 2.32. The van der Waals surface area contributed by atoms with E-state index in [1.54, 1.807) is 0 Å². The number of nitrogens with zero attached hydrogens (tertiary/aromatic N) is 1. The Balaban J connectivity index is 2.33. The van der Waals surface area contributed by atoms with Crippen LogP contribution in [0.5, 0.6) is 0 Å². The molecule has 0 amide bonds. The van der Waals surface area contributed by atoms with E-state index in [4.69, 9.17) is 5.26 Å². The maximum atomic E-state index is 8.48. The molecule has 1 aliphatic carbocycles. The highest BCUT2D eigenvalue weighted by molar-refractivity contribution is 4.80. The second-order valence-corrected chi connectivity index (χ2v) is 3.80. The molecule has 0 aromatic heterocycles. The van der Waals surface area contributed by atoms with Crippen LogP contribution < -0.4 is 5.32 Å². The van der Waals surface area contributed by atoms with Crippen LogP contribution in [0.3, 0.4) is 0 Å². The van der Waals surface area contributed by atoms with Crippen LogP contribution in [-0.2, 0) is 0 Å². The van der Waals surface area contributed by atoms with Gasteiger partial charge < -0.3 is 5.32 Å². The lowest BCUT2D eigenvalue weighted by molar-refractivity contribution is 0.365. The average molecular weight is 166 g/mol.